The normalized spacial score (nSPS) is 15.9. The van der Waals surface area contributed by atoms with Crippen LogP contribution in [0.4, 0.5) is 5.69 Å². The molecule has 2 aromatic carbocycles. The Morgan fingerprint density at radius 1 is 1.00 bits per heavy atom. The van der Waals surface area contributed by atoms with Crippen LogP contribution in [0.2, 0.25) is 0 Å². The molecule has 0 radical (unpaired) electrons. The molecular weight excluding hydrogens is 378 g/mol. The highest BCUT2D eigenvalue weighted by Crippen LogP contribution is 2.20. The minimum Gasteiger partial charge on any atom is -0.497 e. The van der Waals surface area contributed by atoms with Crippen LogP contribution in [-0.4, -0.2) is 58.6 Å². The van der Waals surface area contributed by atoms with Crippen LogP contribution in [0.5, 0.6) is 5.75 Å². The zero-order chi connectivity index (χ0) is 20.1. The minimum atomic E-state index is -3.72. The maximum atomic E-state index is 12.7. The van der Waals surface area contributed by atoms with Gasteiger partial charge in [-0.1, -0.05) is 18.2 Å². The van der Waals surface area contributed by atoms with Gasteiger partial charge < -0.3 is 14.5 Å². The van der Waals surface area contributed by atoms with E-state index in [1.165, 1.54) is 12.1 Å². The fourth-order valence-electron chi connectivity index (χ4n) is 3.20. The Balaban J connectivity index is 1.57. The molecule has 1 amide bonds. The molecule has 8 heteroatoms. The van der Waals surface area contributed by atoms with Gasteiger partial charge in [-0.2, -0.15) is 4.72 Å². The summed E-state index contributed by atoms with van der Waals surface area (Å²) in [5.41, 5.74) is 1.07. The third-order valence-corrected chi connectivity index (χ3v) is 6.34. The highest BCUT2D eigenvalue weighted by Gasteiger charge is 2.28. The van der Waals surface area contributed by atoms with Crippen molar-refractivity contribution in [2.75, 3.05) is 38.2 Å². The van der Waals surface area contributed by atoms with E-state index in [9.17, 15) is 13.2 Å². The molecule has 150 valence electrons. The lowest BCUT2D eigenvalue weighted by molar-refractivity contribution is -0.132. The van der Waals surface area contributed by atoms with E-state index < -0.39 is 16.1 Å². The van der Waals surface area contributed by atoms with E-state index in [1.54, 1.807) is 37.1 Å². The molecule has 3 rings (SSSR count). The molecule has 1 fully saturated rings. The fourth-order valence-corrected chi connectivity index (χ4v) is 4.42. The van der Waals surface area contributed by atoms with Gasteiger partial charge in [0.25, 0.3) is 0 Å². The number of rotatable bonds is 6. The quantitative estimate of drug-likeness (QED) is 0.794. The lowest BCUT2D eigenvalue weighted by Gasteiger charge is -2.37. The van der Waals surface area contributed by atoms with Gasteiger partial charge in [0.15, 0.2) is 0 Å². The molecule has 0 bridgehead atoms. The zero-order valence-corrected chi connectivity index (χ0v) is 16.9. The number of piperazine rings is 1. The summed E-state index contributed by atoms with van der Waals surface area (Å²) in [6.45, 7) is 4.05. The summed E-state index contributed by atoms with van der Waals surface area (Å²) >= 11 is 0. The lowest BCUT2D eigenvalue weighted by Crippen LogP contribution is -2.54. The van der Waals surface area contributed by atoms with E-state index in [-0.39, 0.29) is 10.8 Å². The van der Waals surface area contributed by atoms with Crippen molar-refractivity contribution < 1.29 is 17.9 Å². The Morgan fingerprint density at radius 2 is 1.61 bits per heavy atom. The van der Waals surface area contributed by atoms with Crippen LogP contribution < -0.4 is 14.4 Å². The molecule has 1 heterocycles. The van der Waals surface area contributed by atoms with E-state index in [4.69, 9.17) is 4.74 Å². The number of nitrogens with one attached hydrogen (secondary N) is 1. The van der Waals surface area contributed by atoms with Crippen LogP contribution in [0.3, 0.4) is 0 Å². The van der Waals surface area contributed by atoms with Crippen molar-refractivity contribution in [3.63, 3.8) is 0 Å². The number of hydrogen-bond donors (Lipinski definition) is 1. The molecule has 1 aliphatic heterocycles. The topological polar surface area (TPSA) is 79.0 Å². The monoisotopic (exact) mass is 403 g/mol. The summed E-state index contributed by atoms with van der Waals surface area (Å²) < 4.78 is 32.5. The van der Waals surface area contributed by atoms with Gasteiger partial charge in [-0.3, -0.25) is 4.79 Å². The molecule has 0 aliphatic carbocycles. The highest BCUT2D eigenvalue weighted by molar-refractivity contribution is 7.89. The second-order valence-corrected chi connectivity index (χ2v) is 8.38. The molecule has 1 atom stereocenters. The van der Waals surface area contributed by atoms with Crippen LogP contribution in [0, 0.1) is 0 Å². The van der Waals surface area contributed by atoms with Crippen LogP contribution >= 0.6 is 0 Å². The Bertz CT molecular complexity index is 893. The zero-order valence-electron chi connectivity index (χ0n) is 16.0. The van der Waals surface area contributed by atoms with Gasteiger partial charge in [-0.25, -0.2) is 8.42 Å². The Labute approximate surface area is 166 Å². The van der Waals surface area contributed by atoms with Gasteiger partial charge in [0.05, 0.1) is 18.0 Å². The number of carbonyl (C=O) groups is 1. The van der Waals surface area contributed by atoms with Crippen molar-refractivity contribution >= 4 is 21.6 Å². The number of sulfonamides is 1. The summed E-state index contributed by atoms with van der Waals surface area (Å²) in [7, 11) is -2.09. The average molecular weight is 404 g/mol. The highest BCUT2D eigenvalue weighted by atomic mass is 32.2. The molecular formula is C20H25N3O4S. The molecule has 7 nitrogen and oxygen atoms in total. The smallest absolute Gasteiger partial charge is 0.241 e. The second-order valence-electron chi connectivity index (χ2n) is 6.67. The van der Waals surface area contributed by atoms with Crippen molar-refractivity contribution in [3.05, 3.63) is 54.6 Å². The van der Waals surface area contributed by atoms with Crippen LogP contribution in [-0.2, 0) is 14.8 Å². The van der Waals surface area contributed by atoms with E-state index in [0.717, 1.165) is 11.4 Å². The Hall–Kier alpha value is -2.58. The van der Waals surface area contributed by atoms with Crippen molar-refractivity contribution in [2.24, 2.45) is 0 Å². The first-order chi connectivity index (χ1) is 13.4. The maximum Gasteiger partial charge on any atom is 0.241 e. The fraction of sp³-hybridized carbons (Fsp3) is 0.350. The standard InChI is InChI=1S/C20H25N3O4S/c1-16(21-28(25,26)19-6-4-3-5-7-19)20(24)23-14-12-22(13-15-23)17-8-10-18(27-2)11-9-17/h3-11,16,21H,12-15H2,1-2H3/t16-/m0/s1. The summed E-state index contributed by atoms with van der Waals surface area (Å²) in [5.74, 6) is 0.589. The van der Waals surface area contributed by atoms with Crippen molar-refractivity contribution in [2.45, 2.75) is 17.9 Å². The SMILES string of the molecule is COc1ccc(N2CCN(C(=O)[C@H](C)NS(=O)(=O)c3ccccc3)CC2)cc1. The third kappa shape index (κ3) is 4.63. The minimum absolute atomic E-state index is 0.152. The predicted octanol–water partition coefficient (Wildman–Crippen LogP) is 1.71. The Morgan fingerprint density at radius 3 is 2.18 bits per heavy atom. The summed E-state index contributed by atoms with van der Waals surface area (Å²) in [5, 5.41) is 0. The number of ether oxygens (including phenoxy) is 1. The van der Waals surface area contributed by atoms with Gasteiger partial charge in [0, 0.05) is 31.9 Å². The summed E-state index contributed by atoms with van der Waals surface area (Å²) in [6.07, 6.45) is 0. The predicted molar refractivity (Wildman–Crippen MR) is 108 cm³/mol. The van der Waals surface area contributed by atoms with E-state index >= 15 is 0 Å². The molecule has 2 aromatic rings. The lowest BCUT2D eigenvalue weighted by atomic mass is 10.2. The van der Waals surface area contributed by atoms with Gasteiger partial charge in [-0.15, -0.1) is 0 Å². The number of benzene rings is 2. The first-order valence-electron chi connectivity index (χ1n) is 9.16. The number of amides is 1. The van der Waals surface area contributed by atoms with Crippen molar-refractivity contribution in [1.82, 2.24) is 9.62 Å². The molecule has 0 aromatic heterocycles. The van der Waals surface area contributed by atoms with Crippen LogP contribution in [0.15, 0.2) is 59.5 Å². The summed E-state index contributed by atoms with van der Waals surface area (Å²) in [6, 6.07) is 15.0. The molecule has 0 saturated carbocycles. The number of methoxy groups -OCH3 is 1. The first kappa shape index (κ1) is 20.2. The first-order valence-corrected chi connectivity index (χ1v) is 10.6. The van der Waals surface area contributed by atoms with Crippen molar-refractivity contribution in [1.29, 1.82) is 0 Å². The number of hydrogen-bond acceptors (Lipinski definition) is 5. The molecule has 1 aliphatic rings. The largest absolute Gasteiger partial charge is 0.497 e. The van der Waals surface area contributed by atoms with Crippen LogP contribution in [0.1, 0.15) is 6.92 Å². The van der Waals surface area contributed by atoms with Gasteiger partial charge in [-0.05, 0) is 43.3 Å². The molecule has 1 saturated heterocycles. The van der Waals surface area contributed by atoms with E-state index in [2.05, 4.69) is 9.62 Å². The maximum absolute atomic E-state index is 12.7. The molecule has 0 spiro atoms. The van der Waals surface area contributed by atoms with E-state index in [1.807, 2.05) is 24.3 Å². The van der Waals surface area contributed by atoms with Crippen LogP contribution in [0.25, 0.3) is 0 Å². The average Bonchev–Trinajstić information content (AvgIpc) is 2.74. The van der Waals surface area contributed by atoms with Gasteiger partial charge >= 0.3 is 0 Å². The van der Waals surface area contributed by atoms with Crippen molar-refractivity contribution in [3.8, 4) is 5.75 Å². The number of nitrogens with zero attached hydrogens (tertiary/aromatic N) is 2. The third-order valence-electron chi connectivity index (χ3n) is 4.78. The molecule has 0 unspecified atom stereocenters. The molecule has 1 N–H and O–H groups in total. The van der Waals surface area contributed by atoms with Gasteiger partial charge in [0.2, 0.25) is 15.9 Å². The van der Waals surface area contributed by atoms with Gasteiger partial charge in [0.1, 0.15) is 5.75 Å². The van der Waals surface area contributed by atoms with E-state index in [0.29, 0.717) is 26.2 Å². The number of carbonyl (C=O) groups excluding carboxylic acids is 1. The Kier molecular flexibility index (Phi) is 6.21. The molecule has 28 heavy (non-hydrogen) atoms. The summed E-state index contributed by atoms with van der Waals surface area (Å²) in [4.78, 5) is 16.8. The second kappa shape index (κ2) is 8.62. The number of anilines is 1.